The van der Waals surface area contributed by atoms with Crippen LogP contribution in [0.25, 0.3) is 0 Å². The topological polar surface area (TPSA) is 64.3 Å². The standard InChI is InChI=1S/C14H20N2O2/c1-2-18-10-6-9-16-14(17)13(15)11-12-7-4-3-5-8-12/h2-5,7-8,13H,1,6,9-11,15H2,(H,16,17)/t13-/m1/s1. The largest absolute Gasteiger partial charge is 0.502 e. The average Bonchev–Trinajstić information content (AvgIpc) is 2.39. The van der Waals surface area contributed by atoms with E-state index in [2.05, 4.69) is 11.9 Å². The Bertz CT molecular complexity index is 365. The lowest BCUT2D eigenvalue weighted by molar-refractivity contribution is -0.122. The van der Waals surface area contributed by atoms with Gasteiger partial charge in [-0.1, -0.05) is 36.9 Å². The second kappa shape index (κ2) is 8.31. The van der Waals surface area contributed by atoms with Gasteiger partial charge < -0.3 is 15.8 Å². The number of nitrogens with two attached hydrogens (primary N) is 1. The zero-order valence-electron chi connectivity index (χ0n) is 10.5. The lowest BCUT2D eigenvalue weighted by atomic mass is 10.1. The van der Waals surface area contributed by atoms with Crippen molar-refractivity contribution in [2.45, 2.75) is 18.9 Å². The Labute approximate surface area is 108 Å². The summed E-state index contributed by atoms with van der Waals surface area (Å²) in [7, 11) is 0. The van der Waals surface area contributed by atoms with Crippen molar-refractivity contribution in [2.75, 3.05) is 13.2 Å². The predicted molar refractivity (Wildman–Crippen MR) is 71.9 cm³/mol. The third kappa shape index (κ3) is 5.50. The molecule has 1 aromatic rings. The Morgan fingerprint density at radius 2 is 2.17 bits per heavy atom. The highest BCUT2D eigenvalue weighted by molar-refractivity contribution is 5.81. The number of hydrogen-bond donors (Lipinski definition) is 2. The SMILES string of the molecule is C=COCCCNC(=O)[C@H](N)Cc1ccccc1. The Morgan fingerprint density at radius 3 is 2.83 bits per heavy atom. The maximum Gasteiger partial charge on any atom is 0.237 e. The minimum Gasteiger partial charge on any atom is -0.502 e. The van der Waals surface area contributed by atoms with Crippen molar-refractivity contribution in [1.82, 2.24) is 5.32 Å². The van der Waals surface area contributed by atoms with Gasteiger partial charge >= 0.3 is 0 Å². The van der Waals surface area contributed by atoms with Crippen molar-refractivity contribution in [3.8, 4) is 0 Å². The van der Waals surface area contributed by atoms with E-state index >= 15 is 0 Å². The minimum absolute atomic E-state index is 0.127. The number of rotatable bonds is 8. The highest BCUT2D eigenvalue weighted by Gasteiger charge is 2.12. The number of nitrogens with one attached hydrogen (secondary N) is 1. The Balaban J connectivity index is 2.23. The van der Waals surface area contributed by atoms with Crippen LogP contribution in [0.5, 0.6) is 0 Å². The van der Waals surface area contributed by atoms with Crippen molar-refractivity contribution in [3.05, 3.63) is 48.7 Å². The summed E-state index contributed by atoms with van der Waals surface area (Å²) >= 11 is 0. The van der Waals surface area contributed by atoms with Gasteiger partial charge in [0.05, 0.1) is 18.9 Å². The third-order valence-electron chi connectivity index (χ3n) is 2.49. The van der Waals surface area contributed by atoms with Crippen LogP contribution in [-0.2, 0) is 16.0 Å². The van der Waals surface area contributed by atoms with E-state index in [1.165, 1.54) is 6.26 Å². The van der Waals surface area contributed by atoms with Gasteiger partial charge in [0.2, 0.25) is 5.91 Å². The summed E-state index contributed by atoms with van der Waals surface area (Å²) < 4.78 is 4.95. The molecule has 0 unspecified atom stereocenters. The van der Waals surface area contributed by atoms with E-state index in [1.807, 2.05) is 30.3 Å². The summed E-state index contributed by atoms with van der Waals surface area (Å²) in [6.45, 7) is 4.56. The smallest absolute Gasteiger partial charge is 0.237 e. The lowest BCUT2D eigenvalue weighted by Gasteiger charge is -2.12. The predicted octanol–water partition coefficient (Wildman–Crippen LogP) is 1.22. The van der Waals surface area contributed by atoms with Gasteiger partial charge in [0, 0.05) is 6.54 Å². The summed E-state index contributed by atoms with van der Waals surface area (Å²) in [5, 5.41) is 2.78. The molecule has 0 spiro atoms. The van der Waals surface area contributed by atoms with Gasteiger partial charge in [-0.25, -0.2) is 0 Å². The van der Waals surface area contributed by atoms with Crippen LogP contribution >= 0.6 is 0 Å². The quantitative estimate of drug-likeness (QED) is 0.537. The van der Waals surface area contributed by atoms with E-state index in [0.717, 1.165) is 12.0 Å². The fourth-order valence-corrected chi connectivity index (χ4v) is 1.54. The molecule has 0 aliphatic carbocycles. The number of ether oxygens (including phenoxy) is 1. The first-order valence-corrected chi connectivity index (χ1v) is 6.03. The van der Waals surface area contributed by atoms with Crippen molar-refractivity contribution in [1.29, 1.82) is 0 Å². The number of carbonyl (C=O) groups excluding carboxylic acids is 1. The van der Waals surface area contributed by atoms with E-state index in [1.54, 1.807) is 0 Å². The number of amides is 1. The molecule has 98 valence electrons. The summed E-state index contributed by atoms with van der Waals surface area (Å²) in [6.07, 6.45) is 2.69. The zero-order chi connectivity index (χ0) is 13.2. The Morgan fingerprint density at radius 1 is 1.44 bits per heavy atom. The van der Waals surface area contributed by atoms with Gasteiger partial charge in [-0.05, 0) is 18.4 Å². The first-order chi connectivity index (χ1) is 8.74. The highest BCUT2D eigenvalue weighted by atomic mass is 16.5. The van der Waals surface area contributed by atoms with Gasteiger partial charge in [-0.3, -0.25) is 4.79 Å². The molecule has 0 aliphatic heterocycles. The van der Waals surface area contributed by atoms with E-state index in [-0.39, 0.29) is 5.91 Å². The summed E-state index contributed by atoms with van der Waals surface area (Å²) in [5.41, 5.74) is 6.90. The maximum absolute atomic E-state index is 11.7. The molecule has 1 amide bonds. The molecule has 0 fully saturated rings. The average molecular weight is 248 g/mol. The van der Waals surface area contributed by atoms with Crippen molar-refractivity contribution < 1.29 is 9.53 Å². The first kappa shape index (κ1) is 14.3. The molecule has 3 N–H and O–H groups in total. The summed E-state index contributed by atoms with van der Waals surface area (Å²) in [4.78, 5) is 11.7. The van der Waals surface area contributed by atoms with Crippen LogP contribution in [0.15, 0.2) is 43.2 Å². The molecule has 0 bridgehead atoms. The zero-order valence-corrected chi connectivity index (χ0v) is 10.5. The molecule has 0 radical (unpaired) electrons. The normalized spacial score (nSPS) is 11.6. The second-order valence-corrected chi connectivity index (χ2v) is 3.98. The second-order valence-electron chi connectivity index (χ2n) is 3.98. The van der Waals surface area contributed by atoms with Crippen molar-refractivity contribution >= 4 is 5.91 Å². The van der Waals surface area contributed by atoms with E-state index in [9.17, 15) is 4.79 Å². The molecule has 1 rings (SSSR count). The molecular formula is C14H20N2O2. The van der Waals surface area contributed by atoms with Gasteiger partial charge in [-0.15, -0.1) is 0 Å². The molecule has 0 aliphatic rings. The maximum atomic E-state index is 11.7. The first-order valence-electron chi connectivity index (χ1n) is 6.03. The van der Waals surface area contributed by atoms with E-state index < -0.39 is 6.04 Å². The van der Waals surface area contributed by atoms with Crippen LogP contribution < -0.4 is 11.1 Å². The summed E-state index contributed by atoms with van der Waals surface area (Å²) in [5.74, 6) is -0.127. The molecular weight excluding hydrogens is 228 g/mol. The highest BCUT2D eigenvalue weighted by Crippen LogP contribution is 2.01. The lowest BCUT2D eigenvalue weighted by Crippen LogP contribution is -2.42. The van der Waals surface area contributed by atoms with Gasteiger partial charge in [0.1, 0.15) is 0 Å². The number of benzene rings is 1. The van der Waals surface area contributed by atoms with Crippen molar-refractivity contribution in [3.63, 3.8) is 0 Å². The molecule has 18 heavy (non-hydrogen) atoms. The van der Waals surface area contributed by atoms with E-state index in [4.69, 9.17) is 10.5 Å². The third-order valence-corrected chi connectivity index (χ3v) is 2.49. The number of carbonyl (C=O) groups is 1. The van der Waals surface area contributed by atoms with Crippen LogP contribution in [0, 0.1) is 0 Å². The number of hydrogen-bond acceptors (Lipinski definition) is 3. The van der Waals surface area contributed by atoms with Crippen molar-refractivity contribution in [2.24, 2.45) is 5.73 Å². The van der Waals surface area contributed by atoms with Crippen LogP contribution in [0.4, 0.5) is 0 Å². The monoisotopic (exact) mass is 248 g/mol. The van der Waals surface area contributed by atoms with Gasteiger partial charge in [0.15, 0.2) is 0 Å². The summed E-state index contributed by atoms with van der Waals surface area (Å²) in [6, 6.07) is 9.23. The fourth-order valence-electron chi connectivity index (χ4n) is 1.54. The Hall–Kier alpha value is -1.81. The minimum atomic E-state index is -0.507. The molecule has 4 nitrogen and oxygen atoms in total. The molecule has 0 heterocycles. The molecule has 1 aromatic carbocycles. The fraction of sp³-hybridized carbons (Fsp3) is 0.357. The molecule has 0 saturated heterocycles. The van der Waals surface area contributed by atoms with Gasteiger partial charge in [-0.2, -0.15) is 0 Å². The van der Waals surface area contributed by atoms with E-state index in [0.29, 0.717) is 19.6 Å². The molecule has 0 saturated carbocycles. The van der Waals surface area contributed by atoms with Crippen LogP contribution in [0.2, 0.25) is 0 Å². The molecule has 4 heteroatoms. The van der Waals surface area contributed by atoms with Crippen LogP contribution in [-0.4, -0.2) is 25.1 Å². The molecule has 1 atom stereocenters. The Kier molecular flexibility index (Phi) is 6.58. The molecule has 0 aromatic heterocycles. The van der Waals surface area contributed by atoms with Crippen LogP contribution in [0.1, 0.15) is 12.0 Å². The van der Waals surface area contributed by atoms with Crippen LogP contribution in [0.3, 0.4) is 0 Å². The van der Waals surface area contributed by atoms with Gasteiger partial charge in [0.25, 0.3) is 0 Å².